The van der Waals surface area contributed by atoms with Crippen LogP contribution in [0, 0.1) is 17.3 Å². The maximum atomic E-state index is 14.1. The summed E-state index contributed by atoms with van der Waals surface area (Å²) in [4.78, 5) is 59.4. The van der Waals surface area contributed by atoms with Crippen molar-refractivity contribution in [3.63, 3.8) is 0 Å². The van der Waals surface area contributed by atoms with E-state index >= 15 is 0 Å². The number of amides is 4. The summed E-state index contributed by atoms with van der Waals surface area (Å²) >= 11 is 1.57. The van der Waals surface area contributed by atoms with Gasteiger partial charge in [-0.15, -0.1) is 6.58 Å². The van der Waals surface area contributed by atoms with Crippen LogP contribution in [-0.4, -0.2) is 85.3 Å². The van der Waals surface area contributed by atoms with Crippen molar-refractivity contribution in [2.45, 2.75) is 69.3 Å². The molecule has 5 atom stereocenters. The van der Waals surface area contributed by atoms with E-state index in [1.54, 1.807) is 44.5 Å². The Bertz CT molecular complexity index is 1640. The molecule has 2 aromatic heterocycles. The molecular weight excluding hydrogens is 647 g/mol. The number of hydrogen-bond acceptors (Lipinski definition) is 10. The van der Waals surface area contributed by atoms with Gasteiger partial charge in [-0.25, -0.2) is 13.2 Å². The molecule has 47 heavy (non-hydrogen) atoms. The first-order valence-corrected chi connectivity index (χ1v) is 17.9. The van der Waals surface area contributed by atoms with Crippen LogP contribution in [-0.2, 0) is 29.1 Å². The lowest BCUT2D eigenvalue weighted by molar-refractivity contribution is -0.142. The van der Waals surface area contributed by atoms with Crippen LogP contribution in [0.25, 0.3) is 11.1 Å². The van der Waals surface area contributed by atoms with Gasteiger partial charge in [0, 0.05) is 30.1 Å². The van der Waals surface area contributed by atoms with Crippen molar-refractivity contribution in [3.05, 3.63) is 47.9 Å². The number of nitrogens with zero attached hydrogens (tertiary/aromatic N) is 2. The normalized spacial score (nSPS) is 24.5. The highest BCUT2D eigenvalue weighted by atomic mass is 32.2. The van der Waals surface area contributed by atoms with Crippen LogP contribution in [0.15, 0.2) is 47.9 Å². The van der Waals surface area contributed by atoms with Gasteiger partial charge >= 0.3 is 6.09 Å². The molecule has 3 N–H and O–H groups in total. The van der Waals surface area contributed by atoms with Crippen LogP contribution in [0.4, 0.5) is 4.79 Å². The average Bonchev–Trinajstić information content (AvgIpc) is 3.89. The van der Waals surface area contributed by atoms with Crippen molar-refractivity contribution in [3.8, 4) is 16.9 Å². The summed E-state index contributed by atoms with van der Waals surface area (Å²) in [5.41, 5.74) is -0.364. The molecule has 0 unspecified atom stereocenters. The molecular formula is C32H41N5O8S2. The molecule has 13 nitrogen and oxygen atoms in total. The lowest BCUT2D eigenvalue weighted by atomic mass is 9.85. The highest BCUT2D eigenvalue weighted by Crippen LogP contribution is 2.45. The van der Waals surface area contributed by atoms with E-state index in [0.29, 0.717) is 18.6 Å². The number of alkyl carbamates (subject to hydrolysis) is 1. The van der Waals surface area contributed by atoms with Gasteiger partial charge in [-0.3, -0.25) is 24.1 Å². The van der Waals surface area contributed by atoms with Gasteiger partial charge in [0.2, 0.25) is 21.8 Å². The Morgan fingerprint density at radius 1 is 1.21 bits per heavy atom. The second kappa shape index (κ2) is 13.3. The molecule has 0 bridgehead atoms. The zero-order valence-corrected chi connectivity index (χ0v) is 28.5. The lowest BCUT2D eigenvalue weighted by Crippen LogP contribution is -2.60. The van der Waals surface area contributed by atoms with E-state index in [0.717, 1.165) is 11.1 Å². The molecule has 0 aromatic carbocycles. The highest BCUT2D eigenvalue weighted by molar-refractivity contribution is 7.91. The molecule has 3 heterocycles. The standard InChI is InChI=1S/C32H41N5O8S2/c1-6-22-13-32(22,29(40)36-47(42,43)24-7-8-24)35-27(38)25-11-19(16-37(25)28(39)26(31(2,3)4)34-30(41)44-5)17-45-23-12-21(14-33-15-23)20-9-10-46-18-20/h6,9-10,12,14-15,18-19,22,24-26H,1,7-8,11,13,16-17H2,2-5H3,(H,34,41)(H,35,38)(H,36,40)/t19-,22+,25+,26-,32-/m1/s1. The maximum absolute atomic E-state index is 14.1. The minimum Gasteiger partial charge on any atom is -0.492 e. The Morgan fingerprint density at radius 3 is 2.55 bits per heavy atom. The molecule has 15 heteroatoms. The Labute approximate surface area is 278 Å². The van der Waals surface area contributed by atoms with Crippen molar-refractivity contribution in [1.29, 1.82) is 0 Å². The first-order chi connectivity index (χ1) is 22.2. The van der Waals surface area contributed by atoms with E-state index in [1.165, 1.54) is 18.1 Å². The van der Waals surface area contributed by atoms with Gasteiger partial charge in [-0.05, 0) is 59.6 Å². The summed E-state index contributed by atoms with van der Waals surface area (Å²) in [5.74, 6) is -2.20. The minimum atomic E-state index is -3.86. The van der Waals surface area contributed by atoms with E-state index < -0.39 is 68.0 Å². The lowest BCUT2D eigenvalue weighted by Gasteiger charge is -2.35. The van der Waals surface area contributed by atoms with Crippen LogP contribution >= 0.6 is 11.3 Å². The molecule has 254 valence electrons. The fourth-order valence-corrected chi connectivity index (χ4v) is 7.87. The summed E-state index contributed by atoms with van der Waals surface area (Å²) in [6.45, 7) is 9.38. The summed E-state index contributed by atoms with van der Waals surface area (Å²) in [6.07, 6.45) is 5.35. The third-order valence-electron chi connectivity index (χ3n) is 8.84. The predicted octanol–water partition coefficient (Wildman–Crippen LogP) is 2.85. The molecule has 2 aliphatic carbocycles. The Morgan fingerprint density at radius 2 is 1.96 bits per heavy atom. The van der Waals surface area contributed by atoms with Crippen molar-refractivity contribution < 1.29 is 37.1 Å². The molecule has 2 aromatic rings. The van der Waals surface area contributed by atoms with E-state index in [-0.39, 0.29) is 31.9 Å². The van der Waals surface area contributed by atoms with Gasteiger partial charge in [0.1, 0.15) is 23.4 Å². The van der Waals surface area contributed by atoms with Crippen molar-refractivity contribution in [2.75, 3.05) is 20.3 Å². The molecule has 2 saturated carbocycles. The fourth-order valence-electron chi connectivity index (χ4n) is 5.84. The Kier molecular flexibility index (Phi) is 9.69. The summed E-state index contributed by atoms with van der Waals surface area (Å²) in [6, 6.07) is 1.77. The number of rotatable bonds is 12. The van der Waals surface area contributed by atoms with Crippen molar-refractivity contribution in [1.82, 2.24) is 25.2 Å². The molecule has 3 fully saturated rings. The third kappa shape index (κ3) is 7.61. The van der Waals surface area contributed by atoms with Crippen LogP contribution in [0.3, 0.4) is 0 Å². The van der Waals surface area contributed by atoms with E-state index in [9.17, 15) is 27.6 Å². The van der Waals surface area contributed by atoms with Gasteiger partial charge in [-0.2, -0.15) is 11.3 Å². The SMILES string of the molecule is C=C[C@H]1C[C@]1(NC(=O)[C@@H]1C[C@@H](COc2cncc(-c3ccsc3)c2)CN1C(=O)[C@@H](NC(=O)OC)C(C)(C)C)C(=O)NS(=O)(=O)C1CC1. The Balaban J connectivity index is 1.36. The zero-order chi connectivity index (χ0) is 34.1. The number of sulfonamides is 1. The second-order valence-corrected chi connectivity index (χ2v) is 16.2. The fraction of sp³-hybridized carbons (Fsp3) is 0.531. The monoisotopic (exact) mass is 687 g/mol. The third-order valence-corrected chi connectivity index (χ3v) is 11.3. The van der Waals surface area contributed by atoms with Gasteiger partial charge in [0.25, 0.3) is 5.91 Å². The van der Waals surface area contributed by atoms with Gasteiger partial charge < -0.3 is 25.0 Å². The van der Waals surface area contributed by atoms with Crippen LogP contribution < -0.4 is 20.1 Å². The number of methoxy groups -OCH3 is 1. The van der Waals surface area contributed by atoms with E-state index in [2.05, 4.69) is 26.9 Å². The average molecular weight is 688 g/mol. The number of likely N-dealkylation sites (tertiary alicyclic amines) is 1. The smallest absolute Gasteiger partial charge is 0.407 e. The molecule has 1 saturated heterocycles. The Hall–Kier alpha value is -3.98. The molecule has 5 rings (SSSR count). The topological polar surface area (TPSA) is 173 Å². The molecule has 0 radical (unpaired) electrons. The summed E-state index contributed by atoms with van der Waals surface area (Å²) < 4.78 is 38.2. The van der Waals surface area contributed by atoms with Crippen LogP contribution in [0.2, 0.25) is 0 Å². The number of carbonyl (C=O) groups excluding carboxylic acids is 4. The molecule has 0 spiro atoms. The number of hydrogen-bond donors (Lipinski definition) is 3. The van der Waals surface area contributed by atoms with Gasteiger partial charge in [0.05, 0.1) is 25.2 Å². The number of pyridine rings is 1. The summed E-state index contributed by atoms with van der Waals surface area (Å²) in [7, 11) is -2.67. The number of carbonyl (C=O) groups is 4. The first kappa shape index (κ1) is 34.4. The van der Waals surface area contributed by atoms with Crippen LogP contribution in [0.5, 0.6) is 5.75 Å². The van der Waals surface area contributed by atoms with Crippen molar-refractivity contribution in [2.24, 2.45) is 17.3 Å². The quantitative estimate of drug-likeness (QED) is 0.284. The molecule has 4 amide bonds. The number of thiophene rings is 1. The maximum Gasteiger partial charge on any atom is 0.407 e. The predicted molar refractivity (Wildman–Crippen MR) is 175 cm³/mol. The largest absolute Gasteiger partial charge is 0.492 e. The zero-order valence-electron chi connectivity index (χ0n) is 26.9. The van der Waals surface area contributed by atoms with E-state index in [1.807, 2.05) is 22.9 Å². The number of nitrogens with one attached hydrogen (secondary N) is 3. The summed E-state index contributed by atoms with van der Waals surface area (Å²) in [5, 5.41) is 8.74. The molecule has 3 aliphatic rings. The van der Waals surface area contributed by atoms with E-state index in [4.69, 9.17) is 9.47 Å². The molecule has 1 aliphatic heterocycles. The van der Waals surface area contributed by atoms with Gasteiger partial charge in [-0.1, -0.05) is 26.8 Å². The van der Waals surface area contributed by atoms with Gasteiger partial charge in [0.15, 0.2) is 0 Å². The first-order valence-electron chi connectivity index (χ1n) is 15.4. The van der Waals surface area contributed by atoms with Crippen LogP contribution in [0.1, 0.15) is 46.5 Å². The highest BCUT2D eigenvalue weighted by Gasteiger charge is 2.62. The van der Waals surface area contributed by atoms with Crippen molar-refractivity contribution >= 4 is 45.2 Å². The minimum absolute atomic E-state index is 0.129. The number of aromatic nitrogens is 1. The second-order valence-electron chi connectivity index (χ2n) is 13.5. The number of ether oxygens (including phenoxy) is 2.